The number of nitrogens with zero attached hydrogens (tertiary/aromatic N) is 4. The molecule has 8 heteroatoms. The van der Waals surface area contributed by atoms with Crippen LogP contribution in [0.1, 0.15) is 12.0 Å². The van der Waals surface area contributed by atoms with E-state index >= 15 is 0 Å². The third-order valence-electron chi connectivity index (χ3n) is 4.29. The zero-order valence-corrected chi connectivity index (χ0v) is 15.8. The van der Waals surface area contributed by atoms with E-state index in [1.165, 1.54) is 14.6 Å². The van der Waals surface area contributed by atoms with Gasteiger partial charge in [-0.3, -0.25) is 9.20 Å². The number of carbonyl (C=O) groups is 1. The van der Waals surface area contributed by atoms with Gasteiger partial charge < -0.3 is 10.6 Å². The Morgan fingerprint density at radius 3 is 2.52 bits per heavy atom. The van der Waals surface area contributed by atoms with Gasteiger partial charge >= 0.3 is 5.69 Å². The zero-order valence-electron chi connectivity index (χ0n) is 15.0. The second-order valence-corrected chi connectivity index (χ2v) is 6.09. The Labute approximate surface area is 163 Å². The van der Waals surface area contributed by atoms with Crippen molar-refractivity contribution >= 4 is 24.0 Å². The summed E-state index contributed by atoms with van der Waals surface area (Å²) in [6, 6.07) is 15.4. The Morgan fingerprint density at radius 1 is 1.07 bits per heavy atom. The summed E-state index contributed by atoms with van der Waals surface area (Å²) in [4.78, 5) is 26.6. The van der Waals surface area contributed by atoms with Crippen LogP contribution in [0.4, 0.5) is 0 Å². The summed E-state index contributed by atoms with van der Waals surface area (Å²) >= 11 is 0. The minimum Gasteiger partial charge on any atom is -0.341 e. The van der Waals surface area contributed by atoms with Gasteiger partial charge in [-0.2, -0.15) is 0 Å². The second kappa shape index (κ2) is 9.89. The van der Waals surface area contributed by atoms with Crippen molar-refractivity contribution in [2.24, 2.45) is 5.73 Å². The summed E-state index contributed by atoms with van der Waals surface area (Å²) in [6.45, 7) is 1.78. The molecule has 0 bridgehead atoms. The Bertz CT molecular complexity index is 922. The van der Waals surface area contributed by atoms with Crippen molar-refractivity contribution in [3.05, 3.63) is 70.8 Å². The maximum atomic E-state index is 12.6. The summed E-state index contributed by atoms with van der Waals surface area (Å²) in [5.74, 6) is -0.0182. The van der Waals surface area contributed by atoms with Gasteiger partial charge in [-0.05, 0) is 24.1 Å². The molecule has 0 aliphatic carbocycles. The molecule has 3 rings (SSSR count). The Kier molecular flexibility index (Phi) is 7.57. The van der Waals surface area contributed by atoms with Crippen molar-refractivity contribution in [1.29, 1.82) is 0 Å². The van der Waals surface area contributed by atoms with Crippen molar-refractivity contribution in [1.82, 2.24) is 19.1 Å². The molecule has 7 nitrogen and oxygen atoms in total. The van der Waals surface area contributed by atoms with Gasteiger partial charge in [-0.1, -0.05) is 36.4 Å². The molecule has 0 spiro atoms. The number of fused-ring (bicyclic) bond motifs is 1. The second-order valence-electron chi connectivity index (χ2n) is 6.09. The molecular weight excluding hydrogens is 366 g/mol. The largest absolute Gasteiger partial charge is 0.350 e. The van der Waals surface area contributed by atoms with E-state index in [-0.39, 0.29) is 37.0 Å². The number of halogens is 1. The fourth-order valence-electron chi connectivity index (χ4n) is 2.90. The van der Waals surface area contributed by atoms with Crippen LogP contribution in [-0.4, -0.2) is 44.6 Å². The van der Waals surface area contributed by atoms with Gasteiger partial charge in [-0.25, -0.2) is 9.48 Å². The van der Waals surface area contributed by atoms with E-state index in [1.54, 1.807) is 23.2 Å². The smallest absolute Gasteiger partial charge is 0.341 e. The minimum absolute atomic E-state index is 0. The lowest BCUT2D eigenvalue weighted by molar-refractivity contribution is -0.131. The number of hydrogen-bond donors (Lipinski definition) is 1. The molecule has 0 aliphatic heterocycles. The fourth-order valence-corrected chi connectivity index (χ4v) is 2.90. The number of benzene rings is 1. The number of aromatic nitrogens is 3. The van der Waals surface area contributed by atoms with Crippen LogP contribution in [-0.2, 0) is 17.8 Å². The number of aryl methyl sites for hydroxylation is 1. The number of amides is 1. The molecule has 2 N–H and O–H groups in total. The third-order valence-corrected chi connectivity index (χ3v) is 4.29. The van der Waals surface area contributed by atoms with E-state index in [1.807, 2.05) is 36.4 Å². The van der Waals surface area contributed by atoms with Gasteiger partial charge in [0.1, 0.15) is 0 Å². The molecule has 2 aromatic heterocycles. The summed E-state index contributed by atoms with van der Waals surface area (Å²) in [7, 11) is 0. The van der Waals surface area contributed by atoms with E-state index in [0.29, 0.717) is 25.3 Å². The highest BCUT2D eigenvalue weighted by atomic mass is 35.5. The molecule has 0 saturated carbocycles. The average molecular weight is 390 g/mol. The maximum absolute atomic E-state index is 12.6. The van der Waals surface area contributed by atoms with Crippen LogP contribution < -0.4 is 11.4 Å². The number of carbonyl (C=O) groups excluding carboxylic acids is 1. The third kappa shape index (κ3) is 5.18. The number of hydrogen-bond acceptors (Lipinski definition) is 4. The molecule has 0 unspecified atom stereocenters. The summed E-state index contributed by atoms with van der Waals surface area (Å²) < 4.78 is 2.81. The normalized spacial score (nSPS) is 10.6. The number of rotatable bonds is 8. The van der Waals surface area contributed by atoms with Crippen LogP contribution in [0.5, 0.6) is 0 Å². The molecule has 144 valence electrons. The highest BCUT2D eigenvalue weighted by molar-refractivity contribution is 5.85. The van der Waals surface area contributed by atoms with Crippen LogP contribution in [0.2, 0.25) is 0 Å². The number of pyridine rings is 1. The van der Waals surface area contributed by atoms with E-state index < -0.39 is 0 Å². The average Bonchev–Trinajstić information content (AvgIpc) is 3.00. The highest BCUT2D eigenvalue weighted by Crippen LogP contribution is 2.04. The first-order valence-electron chi connectivity index (χ1n) is 8.75. The van der Waals surface area contributed by atoms with Crippen molar-refractivity contribution in [2.75, 3.05) is 19.6 Å². The molecule has 0 radical (unpaired) electrons. The SMILES string of the molecule is Cl.NCCN(CCc1ccccc1)C(=O)CCn1nc2ccccn2c1=O. The van der Waals surface area contributed by atoms with Gasteiger partial charge in [0.2, 0.25) is 5.91 Å². The lowest BCUT2D eigenvalue weighted by Crippen LogP contribution is -2.37. The summed E-state index contributed by atoms with van der Waals surface area (Å²) in [5, 5.41) is 4.25. The number of nitrogens with two attached hydrogens (primary N) is 1. The summed E-state index contributed by atoms with van der Waals surface area (Å²) in [5.41, 5.74) is 7.18. The Morgan fingerprint density at radius 2 is 1.81 bits per heavy atom. The standard InChI is InChI=1S/C19H23N5O2.ClH/c20-11-15-22(13-9-16-6-2-1-3-7-16)18(25)10-14-24-19(26)23-12-5-4-8-17(23)21-24;/h1-8,12H,9-11,13-15,20H2;1H. The first-order valence-corrected chi connectivity index (χ1v) is 8.75. The van der Waals surface area contributed by atoms with E-state index in [9.17, 15) is 9.59 Å². The van der Waals surface area contributed by atoms with E-state index in [0.717, 1.165) is 6.42 Å². The zero-order chi connectivity index (χ0) is 18.4. The van der Waals surface area contributed by atoms with Crippen LogP contribution in [0.15, 0.2) is 59.5 Å². The van der Waals surface area contributed by atoms with Gasteiger partial charge in [0.05, 0.1) is 6.54 Å². The first-order chi connectivity index (χ1) is 12.7. The lowest BCUT2D eigenvalue weighted by Gasteiger charge is -2.22. The van der Waals surface area contributed by atoms with Crippen LogP contribution in [0, 0.1) is 0 Å². The molecule has 27 heavy (non-hydrogen) atoms. The monoisotopic (exact) mass is 389 g/mol. The minimum atomic E-state index is -0.233. The molecule has 3 aromatic rings. The van der Waals surface area contributed by atoms with Gasteiger partial charge in [0, 0.05) is 32.3 Å². The Balaban J connectivity index is 0.00000261. The van der Waals surface area contributed by atoms with Crippen molar-refractivity contribution in [3.63, 3.8) is 0 Å². The fraction of sp³-hybridized carbons (Fsp3) is 0.316. The van der Waals surface area contributed by atoms with Crippen molar-refractivity contribution in [2.45, 2.75) is 19.4 Å². The molecule has 0 aliphatic rings. The topological polar surface area (TPSA) is 85.6 Å². The van der Waals surface area contributed by atoms with E-state index in [4.69, 9.17) is 5.73 Å². The molecule has 2 heterocycles. The highest BCUT2D eigenvalue weighted by Gasteiger charge is 2.14. The predicted octanol–water partition coefficient (Wildman–Crippen LogP) is 1.34. The van der Waals surface area contributed by atoms with Crippen molar-refractivity contribution < 1.29 is 4.79 Å². The summed E-state index contributed by atoms with van der Waals surface area (Å²) in [6.07, 6.45) is 2.67. The van der Waals surface area contributed by atoms with Crippen LogP contribution in [0.3, 0.4) is 0 Å². The molecule has 0 atom stereocenters. The van der Waals surface area contributed by atoms with E-state index in [2.05, 4.69) is 5.10 Å². The lowest BCUT2D eigenvalue weighted by atomic mass is 10.1. The van der Waals surface area contributed by atoms with Gasteiger partial charge in [0.15, 0.2) is 5.65 Å². The molecule has 0 saturated heterocycles. The quantitative estimate of drug-likeness (QED) is 0.630. The van der Waals surface area contributed by atoms with Crippen LogP contribution >= 0.6 is 12.4 Å². The first kappa shape index (κ1) is 20.7. The molecule has 1 amide bonds. The Hall–Kier alpha value is -2.64. The van der Waals surface area contributed by atoms with Crippen molar-refractivity contribution in [3.8, 4) is 0 Å². The van der Waals surface area contributed by atoms with Gasteiger partial charge in [-0.15, -0.1) is 17.5 Å². The van der Waals surface area contributed by atoms with Gasteiger partial charge in [0.25, 0.3) is 0 Å². The molecule has 0 fully saturated rings. The predicted molar refractivity (Wildman–Crippen MR) is 107 cm³/mol. The molecule has 1 aromatic carbocycles. The maximum Gasteiger partial charge on any atom is 0.350 e. The van der Waals surface area contributed by atoms with Crippen LogP contribution in [0.25, 0.3) is 5.65 Å². The molecular formula is C19H24ClN5O2.